The molecule has 1 aliphatic rings. The van der Waals surface area contributed by atoms with Crippen molar-refractivity contribution in [2.24, 2.45) is 5.92 Å². The lowest BCUT2D eigenvalue weighted by molar-refractivity contribution is 0.0428. The van der Waals surface area contributed by atoms with Crippen molar-refractivity contribution in [2.75, 3.05) is 6.54 Å². The predicted octanol–water partition coefficient (Wildman–Crippen LogP) is 2.67. The molecule has 1 saturated carbocycles. The van der Waals surface area contributed by atoms with Crippen LogP contribution < -0.4 is 5.32 Å². The summed E-state index contributed by atoms with van der Waals surface area (Å²) in [6.07, 6.45) is 1.79. The summed E-state index contributed by atoms with van der Waals surface area (Å²) in [5, 5.41) is 12.4. The fraction of sp³-hybridized carbons (Fsp3) is 0.600. The molecule has 0 radical (unpaired) electrons. The van der Waals surface area contributed by atoms with Crippen LogP contribution in [0.5, 0.6) is 0 Å². The van der Waals surface area contributed by atoms with Crippen molar-refractivity contribution >= 4 is 31.9 Å². The average Bonchev–Trinajstić information content (AvgIpc) is 2.43. The van der Waals surface area contributed by atoms with E-state index in [1.54, 1.807) is 0 Å². The van der Waals surface area contributed by atoms with Crippen LogP contribution in [0.2, 0.25) is 0 Å². The van der Waals surface area contributed by atoms with Crippen molar-refractivity contribution < 1.29 is 9.52 Å². The van der Waals surface area contributed by atoms with Crippen molar-refractivity contribution in [3.63, 3.8) is 0 Å². The molecular formula is C10H13Br2NO2. The van der Waals surface area contributed by atoms with Crippen LogP contribution in [0.3, 0.4) is 0 Å². The van der Waals surface area contributed by atoms with E-state index in [0.717, 1.165) is 40.8 Å². The average molecular weight is 339 g/mol. The second kappa shape index (κ2) is 4.99. The van der Waals surface area contributed by atoms with Crippen LogP contribution in [0.25, 0.3) is 0 Å². The quantitative estimate of drug-likeness (QED) is 0.887. The Balaban J connectivity index is 1.69. The molecule has 3 nitrogen and oxygen atoms in total. The van der Waals surface area contributed by atoms with E-state index in [9.17, 15) is 0 Å². The van der Waals surface area contributed by atoms with Gasteiger partial charge >= 0.3 is 0 Å². The van der Waals surface area contributed by atoms with Gasteiger partial charge in [0.1, 0.15) is 5.76 Å². The highest BCUT2D eigenvalue weighted by Crippen LogP contribution is 2.28. The number of hydrogen-bond acceptors (Lipinski definition) is 3. The topological polar surface area (TPSA) is 45.4 Å². The molecular weight excluding hydrogens is 326 g/mol. The minimum absolute atomic E-state index is 0.0660. The Hall–Kier alpha value is 0.160. The highest BCUT2D eigenvalue weighted by atomic mass is 79.9. The third-order valence-electron chi connectivity index (χ3n) is 2.64. The SMILES string of the molecule is OC1CC(CNCc2cc(Br)c(Br)o2)C1. The lowest BCUT2D eigenvalue weighted by atomic mass is 9.82. The van der Waals surface area contributed by atoms with Crippen LogP contribution >= 0.6 is 31.9 Å². The van der Waals surface area contributed by atoms with Gasteiger partial charge < -0.3 is 14.8 Å². The van der Waals surface area contributed by atoms with Crippen LogP contribution in [0.4, 0.5) is 0 Å². The van der Waals surface area contributed by atoms with E-state index in [1.165, 1.54) is 0 Å². The van der Waals surface area contributed by atoms with Crippen LogP contribution in [-0.2, 0) is 6.54 Å². The van der Waals surface area contributed by atoms with Gasteiger partial charge in [0.05, 0.1) is 17.1 Å². The van der Waals surface area contributed by atoms with E-state index in [4.69, 9.17) is 9.52 Å². The number of aliphatic hydroxyl groups is 1. The molecule has 0 aliphatic heterocycles. The monoisotopic (exact) mass is 337 g/mol. The van der Waals surface area contributed by atoms with Gasteiger partial charge in [-0.2, -0.15) is 0 Å². The van der Waals surface area contributed by atoms with E-state index in [2.05, 4.69) is 37.2 Å². The molecule has 1 aromatic heterocycles. The minimum atomic E-state index is -0.0660. The molecule has 1 fully saturated rings. The van der Waals surface area contributed by atoms with E-state index < -0.39 is 0 Å². The largest absolute Gasteiger partial charge is 0.452 e. The molecule has 1 aliphatic carbocycles. The third kappa shape index (κ3) is 3.06. The molecule has 15 heavy (non-hydrogen) atoms. The first-order valence-corrected chi connectivity index (χ1v) is 6.56. The maximum absolute atomic E-state index is 9.12. The number of aliphatic hydroxyl groups excluding tert-OH is 1. The van der Waals surface area contributed by atoms with Crippen LogP contribution in [0, 0.1) is 5.92 Å². The van der Waals surface area contributed by atoms with Crippen molar-refractivity contribution in [1.82, 2.24) is 5.32 Å². The summed E-state index contributed by atoms with van der Waals surface area (Å²) < 4.78 is 7.10. The lowest BCUT2D eigenvalue weighted by Crippen LogP contribution is -2.35. The Bertz CT molecular complexity index is 315. The highest BCUT2D eigenvalue weighted by molar-refractivity contribution is 9.13. The van der Waals surface area contributed by atoms with Crippen molar-refractivity contribution in [2.45, 2.75) is 25.5 Å². The summed E-state index contributed by atoms with van der Waals surface area (Å²) in [4.78, 5) is 0. The Kier molecular flexibility index (Phi) is 3.88. The normalized spacial score (nSPS) is 25.3. The first-order chi connectivity index (χ1) is 7.15. The van der Waals surface area contributed by atoms with Gasteiger partial charge in [-0.25, -0.2) is 0 Å². The molecule has 0 amide bonds. The zero-order valence-electron chi connectivity index (χ0n) is 8.17. The van der Waals surface area contributed by atoms with Crippen molar-refractivity contribution in [3.8, 4) is 0 Å². The molecule has 0 unspecified atom stereocenters. The number of furan rings is 1. The second-order valence-corrected chi connectivity index (χ2v) is 5.53. The molecule has 5 heteroatoms. The van der Waals surface area contributed by atoms with Gasteiger partial charge in [-0.1, -0.05) is 0 Å². The van der Waals surface area contributed by atoms with Crippen LogP contribution in [0.15, 0.2) is 19.6 Å². The van der Waals surface area contributed by atoms with Crippen LogP contribution in [0.1, 0.15) is 18.6 Å². The Morgan fingerprint density at radius 1 is 1.47 bits per heavy atom. The maximum Gasteiger partial charge on any atom is 0.183 e. The summed E-state index contributed by atoms with van der Waals surface area (Å²) >= 11 is 6.66. The molecule has 1 aromatic rings. The smallest absolute Gasteiger partial charge is 0.183 e. The summed E-state index contributed by atoms with van der Waals surface area (Å²) in [5.74, 6) is 1.54. The Morgan fingerprint density at radius 3 is 2.73 bits per heavy atom. The van der Waals surface area contributed by atoms with Gasteiger partial charge in [0.15, 0.2) is 4.67 Å². The van der Waals surface area contributed by atoms with Gasteiger partial charge in [0, 0.05) is 0 Å². The summed E-state index contributed by atoms with van der Waals surface area (Å²) in [7, 11) is 0. The fourth-order valence-corrected chi connectivity index (χ4v) is 2.40. The molecule has 84 valence electrons. The zero-order chi connectivity index (χ0) is 10.8. The van der Waals surface area contributed by atoms with E-state index >= 15 is 0 Å². The number of nitrogens with one attached hydrogen (secondary N) is 1. The number of rotatable bonds is 4. The second-order valence-electron chi connectivity index (χ2n) is 3.96. The minimum Gasteiger partial charge on any atom is -0.452 e. The zero-order valence-corrected chi connectivity index (χ0v) is 11.3. The molecule has 1 heterocycles. The number of hydrogen-bond donors (Lipinski definition) is 2. The predicted molar refractivity (Wildman–Crippen MR) is 64.5 cm³/mol. The third-order valence-corrected chi connectivity index (χ3v) is 4.35. The van der Waals surface area contributed by atoms with Gasteiger partial charge in [-0.05, 0) is 63.2 Å². The van der Waals surface area contributed by atoms with E-state index in [1.807, 2.05) is 6.07 Å². The maximum atomic E-state index is 9.12. The molecule has 2 rings (SSSR count). The summed E-state index contributed by atoms with van der Waals surface area (Å²) in [6, 6.07) is 1.95. The van der Waals surface area contributed by atoms with E-state index in [0.29, 0.717) is 5.92 Å². The summed E-state index contributed by atoms with van der Waals surface area (Å²) in [5.41, 5.74) is 0. The fourth-order valence-electron chi connectivity index (χ4n) is 1.75. The first-order valence-electron chi connectivity index (χ1n) is 4.97. The Labute approximate surface area is 105 Å². The van der Waals surface area contributed by atoms with Crippen molar-refractivity contribution in [3.05, 3.63) is 21.0 Å². The Morgan fingerprint density at radius 2 is 2.20 bits per heavy atom. The highest BCUT2D eigenvalue weighted by Gasteiger charge is 2.26. The van der Waals surface area contributed by atoms with Gasteiger partial charge in [-0.15, -0.1) is 0 Å². The lowest BCUT2D eigenvalue weighted by Gasteiger charge is -2.31. The van der Waals surface area contributed by atoms with Gasteiger partial charge in [0.2, 0.25) is 0 Å². The molecule has 0 saturated heterocycles. The van der Waals surface area contributed by atoms with Gasteiger partial charge in [0.25, 0.3) is 0 Å². The van der Waals surface area contributed by atoms with Gasteiger partial charge in [-0.3, -0.25) is 0 Å². The molecule has 0 bridgehead atoms. The molecule has 0 atom stereocenters. The summed E-state index contributed by atoms with van der Waals surface area (Å²) in [6.45, 7) is 1.68. The molecule has 2 N–H and O–H groups in total. The van der Waals surface area contributed by atoms with Crippen molar-refractivity contribution in [1.29, 1.82) is 0 Å². The molecule has 0 aromatic carbocycles. The first kappa shape index (κ1) is 11.6. The van der Waals surface area contributed by atoms with E-state index in [-0.39, 0.29) is 6.10 Å². The molecule has 0 spiro atoms. The standard InChI is InChI=1S/C10H13Br2NO2/c11-9-3-8(15-10(9)12)5-13-4-6-1-7(14)2-6/h3,6-7,13-14H,1-2,4-5H2. The van der Waals surface area contributed by atoms with Crippen LogP contribution in [-0.4, -0.2) is 17.8 Å². The number of halogens is 2.